The summed E-state index contributed by atoms with van der Waals surface area (Å²) in [6.45, 7) is 7.21. The number of hydrogen-bond acceptors (Lipinski definition) is 5. The molecule has 1 aliphatic heterocycles. The molecule has 9 heteroatoms. The van der Waals surface area contributed by atoms with Crippen LogP contribution in [0.3, 0.4) is 0 Å². The molecule has 0 bridgehead atoms. The molecule has 4 rings (SSSR count). The van der Waals surface area contributed by atoms with Gasteiger partial charge >= 0.3 is 0 Å². The fourth-order valence-corrected chi connectivity index (χ4v) is 6.58. The van der Waals surface area contributed by atoms with Crippen molar-refractivity contribution in [1.82, 2.24) is 14.5 Å². The number of thiazole rings is 1. The van der Waals surface area contributed by atoms with Crippen molar-refractivity contribution >= 4 is 33.0 Å². The van der Waals surface area contributed by atoms with Gasteiger partial charge in [0.05, 0.1) is 11.4 Å². The molecule has 2 aromatic heterocycles. The Balaban J connectivity index is 1.65. The molecule has 0 atom stereocenters. The number of anilines is 1. The number of sulfonamides is 1. The largest absolute Gasteiger partial charge is 0.345 e. The van der Waals surface area contributed by atoms with Gasteiger partial charge in [0.15, 0.2) is 0 Å². The van der Waals surface area contributed by atoms with E-state index in [-0.39, 0.29) is 10.8 Å². The third kappa shape index (κ3) is 4.70. The van der Waals surface area contributed by atoms with E-state index in [0.29, 0.717) is 32.7 Å². The highest BCUT2D eigenvalue weighted by molar-refractivity contribution is 7.92. The van der Waals surface area contributed by atoms with Gasteiger partial charge in [-0.3, -0.25) is 9.52 Å². The minimum Gasteiger partial charge on any atom is -0.345 e. The quantitative estimate of drug-likeness (QED) is 0.545. The predicted molar refractivity (Wildman–Crippen MR) is 132 cm³/mol. The van der Waals surface area contributed by atoms with Crippen molar-refractivity contribution in [2.24, 2.45) is 7.05 Å². The van der Waals surface area contributed by atoms with Gasteiger partial charge < -0.3 is 9.47 Å². The van der Waals surface area contributed by atoms with Crippen LogP contribution in [-0.4, -0.2) is 41.9 Å². The number of carbonyl (C=O) groups excluding carboxylic acids is 1. The zero-order chi connectivity index (χ0) is 23.8. The maximum Gasteiger partial charge on any atom is 0.265 e. The van der Waals surface area contributed by atoms with E-state index in [0.717, 1.165) is 44.3 Å². The van der Waals surface area contributed by atoms with E-state index in [2.05, 4.69) is 9.71 Å². The monoisotopic (exact) mass is 486 g/mol. The summed E-state index contributed by atoms with van der Waals surface area (Å²) in [5.74, 6) is 0.0206. The number of likely N-dealkylation sites (tertiary alicyclic amines) is 1. The summed E-state index contributed by atoms with van der Waals surface area (Å²) in [6, 6.07) is 9.06. The van der Waals surface area contributed by atoms with Crippen molar-refractivity contribution < 1.29 is 13.2 Å². The molecule has 0 radical (unpaired) electrons. The lowest BCUT2D eigenvalue weighted by atomic mass is 10.1. The van der Waals surface area contributed by atoms with Crippen LogP contribution in [0.15, 0.2) is 35.2 Å². The highest BCUT2D eigenvalue weighted by atomic mass is 32.2. The highest BCUT2D eigenvalue weighted by Crippen LogP contribution is 2.33. The zero-order valence-electron chi connectivity index (χ0n) is 19.5. The Morgan fingerprint density at radius 3 is 2.58 bits per heavy atom. The Hall–Kier alpha value is -2.65. The van der Waals surface area contributed by atoms with Gasteiger partial charge in [-0.2, -0.15) is 0 Å². The van der Waals surface area contributed by atoms with Crippen LogP contribution in [0, 0.1) is 13.8 Å². The Morgan fingerprint density at radius 1 is 1.15 bits per heavy atom. The highest BCUT2D eigenvalue weighted by Gasteiger charge is 2.27. The second kappa shape index (κ2) is 9.30. The summed E-state index contributed by atoms with van der Waals surface area (Å²) in [4.78, 5) is 20.4. The fourth-order valence-electron chi connectivity index (χ4n) is 4.16. The normalized spacial score (nSPS) is 14.5. The smallest absolute Gasteiger partial charge is 0.265 e. The van der Waals surface area contributed by atoms with Gasteiger partial charge in [0.25, 0.3) is 15.9 Å². The predicted octanol–water partition coefficient (Wildman–Crippen LogP) is 4.75. The maximum atomic E-state index is 13.2. The third-order valence-electron chi connectivity index (χ3n) is 6.22. The van der Waals surface area contributed by atoms with Crippen LogP contribution in [0.1, 0.15) is 52.8 Å². The molecule has 176 valence electrons. The zero-order valence-corrected chi connectivity index (χ0v) is 21.1. The average Bonchev–Trinajstić information content (AvgIpc) is 3.33. The van der Waals surface area contributed by atoms with E-state index in [9.17, 15) is 13.2 Å². The lowest BCUT2D eigenvalue weighted by Crippen LogP contribution is -2.35. The number of hydrogen-bond donors (Lipinski definition) is 1. The molecule has 1 amide bonds. The lowest BCUT2D eigenvalue weighted by Gasteiger charge is -2.26. The topological polar surface area (TPSA) is 84.3 Å². The molecule has 0 spiro atoms. The number of benzene rings is 1. The minimum absolute atomic E-state index is 0.0206. The molecule has 1 saturated heterocycles. The van der Waals surface area contributed by atoms with E-state index in [1.54, 1.807) is 19.1 Å². The van der Waals surface area contributed by atoms with Crippen LogP contribution < -0.4 is 4.72 Å². The van der Waals surface area contributed by atoms with Crippen LogP contribution in [0.4, 0.5) is 5.69 Å². The standard InChI is InChI=1S/C24H30N4O3S2/c1-5-18-10-9-11-19(14-18)26-33(30,31)21-15-20(27(4)17(21)3)23-25-16(2)22(32-23)24(29)28-12-7-6-8-13-28/h9-11,14-15,26H,5-8,12-13H2,1-4H3. The Kier molecular flexibility index (Phi) is 6.63. The van der Waals surface area contributed by atoms with Crippen molar-refractivity contribution in [3.8, 4) is 10.7 Å². The number of amides is 1. The van der Waals surface area contributed by atoms with E-state index in [1.165, 1.54) is 11.3 Å². The lowest BCUT2D eigenvalue weighted by molar-refractivity contribution is 0.0728. The number of rotatable bonds is 6. The first-order valence-corrected chi connectivity index (χ1v) is 13.6. The van der Waals surface area contributed by atoms with Crippen molar-refractivity contribution in [2.45, 2.75) is 51.3 Å². The van der Waals surface area contributed by atoms with E-state index in [1.807, 2.05) is 48.6 Å². The van der Waals surface area contributed by atoms with Crippen LogP contribution in [0.5, 0.6) is 0 Å². The first-order chi connectivity index (χ1) is 15.7. The van der Waals surface area contributed by atoms with Crippen molar-refractivity contribution in [1.29, 1.82) is 0 Å². The molecule has 1 aromatic carbocycles. The molecule has 33 heavy (non-hydrogen) atoms. The number of carbonyl (C=O) groups is 1. The molecule has 0 aliphatic carbocycles. The van der Waals surface area contributed by atoms with Crippen molar-refractivity contribution in [3.63, 3.8) is 0 Å². The summed E-state index contributed by atoms with van der Waals surface area (Å²) in [7, 11) is -1.96. The van der Waals surface area contributed by atoms with Crippen LogP contribution in [0.2, 0.25) is 0 Å². The molecule has 1 N–H and O–H groups in total. The van der Waals surface area contributed by atoms with Gasteiger partial charge in [0.2, 0.25) is 0 Å². The van der Waals surface area contributed by atoms with Gasteiger partial charge in [-0.1, -0.05) is 19.1 Å². The summed E-state index contributed by atoms with van der Waals surface area (Å²) >= 11 is 1.33. The summed E-state index contributed by atoms with van der Waals surface area (Å²) < 4.78 is 30.9. The number of aryl methyl sites for hydroxylation is 2. The summed E-state index contributed by atoms with van der Waals surface area (Å²) in [5.41, 5.74) is 3.58. The number of nitrogens with one attached hydrogen (secondary N) is 1. The fraction of sp³-hybridized carbons (Fsp3) is 0.417. The first kappa shape index (κ1) is 23.5. The van der Waals surface area contributed by atoms with Gasteiger partial charge in [0, 0.05) is 31.5 Å². The Labute approximate surface area is 199 Å². The molecular formula is C24H30N4O3S2. The minimum atomic E-state index is -3.78. The van der Waals surface area contributed by atoms with Gasteiger partial charge in [0.1, 0.15) is 14.8 Å². The second-order valence-corrected chi connectivity index (χ2v) is 11.1. The molecule has 1 fully saturated rings. The molecule has 3 heterocycles. The number of aromatic nitrogens is 2. The molecule has 1 aliphatic rings. The van der Waals surface area contributed by atoms with Gasteiger partial charge in [-0.25, -0.2) is 13.4 Å². The van der Waals surface area contributed by atoms with Crippen molar-refractivity contribution in [3.05, 3.63) is 52.2 Å². The van der Waals surface area contributed by atoms with Crippen LogP contribution >= 0.6 is 11.3 Å². The summed E-state index contributed by atoms with van der Waals surface area (Å²) in [5, 5.41) is 0.646. The van der Waals surface area contributed by atoms with Crippen LogP contribution in [-0.2, 0) is 23.5 Å². The second-order valence-electron chi connectivity index (χ2n) is 8.48. The van der Waals surface area contributed by atoms with Crippen LogP contribution in [0.25, 0.3) is 10.7 Å². The molecule has 3 aromatic rings. The summed E-state index contributed by atoms with van der Waals surface area (Å²) in [6.07, 6.45) is 4.05. The van der Waals surface area contributed by atoms with Crippen molar-refractivity contribution in [2.75, 3.05) is 17.8 Å². The van der Waals surface area contributed by atoms with Gasteiger partial charge in [-0.05, 0) is 63.3 Å². The molecular weight excluding hydrogens is 456 g/mol. The average molecular weight is 487 g/mol. The van der Waals surface area contributed by atoms with E-state index in [4.69, 9.17) is 0 Å². The van der Waals surface area contributed by atoms with E-state index < -0.39 is 10.0 Å². The maximum absolute atomic E-state index is 13.2. The molecule has 0 saturated carbocycles. The SMILES string of the molecule is CCc1cccc(NS(=O)(=O)c2cc(-c3nc(C)c(C(=O)N4CCCCC4)s3)n(C)c2C)c1. The number of piperidine rings is 1. The molecule has 0 unspecified atom stereocenters. The Bertz CT molecular complexity index is 1290. The Morgan fingerprint density at radius 2 is 1.88 bits per heavy atom. The van der Waals surface area contributed by atoms with Gasteiger partial charge in [-0.15, -0.1) is 11.3 Å². The number of nitrogens with zero attached hydrogens (tertiary/aromatic N) is 3. The molecule has 7 nitrogen and oxygen atoms in total. The first-order valence-electron chi connectivity index (χ1n) is 11.3. The van der Waals surface area contributed by atoms with E-state index >= 15 is 0 Å². The third-order valence-corrected chi connectivity index (χ3v) is 8.88.